The number of hydrogen-bond acceptors (Lipinski definition) is 3. The van der Waals surface area contributed by atoms with Crippen LogP contribution in [0.1, 0.15) is 40.0 Å². The van der Waals surface area contributed by atoms with Gasteiger partial charge < -0.3 is 9.47 Å². The third-order valence-corrected chi connectivity index (χ3v) is 2.28. The minimum atomic E-state index is -0.0768. The molecule has 0 amide bonds. The third kappa shape index (κ3) is 4.61. The van der Waals surface area contributed by atoms with E-state index in [4.69, 9.17) is 9.47 Å². The van der Waals surface area contributed by atoms with Gasteiger partial charge in [-0.1, -0.05) is 13.8 Å². The van der Waals surface area contributed by atoms with E-state index in [2.05, 4.69) is 6.92 Å². The number of epoxide rings is 1. The molecule has 0 N–H and O–H groups in total. The zero-order chi connectivity index (χ0) is 10.6. The molecule has 0 radical (unpaired) electrons. The molecule has 3 heteroatoms. The van der Waals surface area contributed by atoms with Gasteiger partial charge in [0.05, 0.1) is 18.8 Å². The van der Waals surface area contributed by atoms with E-state index in [0.29, 0.717) is 31.2 Å². The summed E-state index contributed by atoms with van der Waals surface area (Å²) in [5.41, 5.74) is 0. The SMILES string of the molecule is CC(C)COC(=O)CCCC1OC1C. The van der Waals surface area contributed by atoms with E-state index in [1.54, 1.807) is 0 Å². The van der Waals surface area contributed by atoms with E-state index in [-0.39, 0.29) is 5.97 Å². The van der Waals surface area contributed by atoms with Crippen LogP contribution in [0.3, 0.4) is 0 Å². The molecule has 2 atom stereocenters. The Morgan fingerprint density at radius 2 is 2.14 bits per heavy atom. The average molecular weight is 200 g/mol. The largest absolute Gasteiger partial charge is 0.465 e. The van der Waals surface area contributed by atoms with E-state index in [1.165, 1.54) is 0 Å². The van der Waals surface area contributed by atoms with Crippen molar-refractivity contribution in [1.82, 2.24) is 0 Å². The zero-order valence-corrected chi connectivity index (χ0v) is 9.29. The highest BCUT2D eigenvalue weighted by molar-refractivity contribution is 5.69. The van der Waals surface area contributed by atoms with Crippen LogP contribution < -0.4 is 0 Å². The summed E-state index contributed by atoms with van der Waals surface area (Å²) in [7, 11) is 0. The Bertz CT molecular complexity index is 189. The molecule has 1 aliphatic heterocycles. The normalized spacial score (nSPS) is 25.1. The smallest absolute Gasteiger partial charge is 0.305 e. The number of esters is 1. The van der Waals surface area contributed by atoms with E-state index >= 15 is 0 Å². The Kier molecular flexibility index (Phi) is 4.39. The molecule has 0 aromatic rings. The van der Waals surface area contributed by atoms with Crippen LogP contribution in [0.25, 0.3) is 0 Å². The van der Waals surface area contributed by atoms with E-state index in [1.807, 2.05) is 13.8 Å². The van der Waals surface area contributed by atoms with Crippen molar-refractivity contribution in [3.05, 3.63) is 0 Å². The summed E-state index contributed by atoms with van der Waals surface area (Å²) in [6, 6.07) is 0. The molecule has 82 valence electrons. The van der Waals surface area contributed by atoms with Gasteiger partial charge in [-0.2, -0.15) is 0 Å². The van der Waals surface area contributed by atoms with E-state index in [9.17, 15) is 4.79 Å². The summed E-state index contributed by atoms with van der Waals surface area (Å²) >= 11 is 0. The second kappa shape index (κ2) is 5.35. The fourth-order valence-electron chi connectivity index (χ4n) is 1.31. The minimum Gasteiger partial charge on any atom is -0.465 e. The maximum atomic E-state index is 11.2. The second-order valence-corrected chi connectivity index (χ2v) is 4.35. The molecule has 14 heavy (non-hydrogen) atoms. The number of hydrogen-bond donors (Lipinski definition) is 0. The Hall–Kier alpha value is -0.570. The number of rotatable bonds is 6. The fourth-order valence-corrected chi connectivity index (χ4v) is 1.31. The predicted octanol–water partition coefficient (Wildman–Crippen LogP) is 2.14. The van der Waals surface area contributed by atoms with Crippen LogP contribution in [0.4, 0.5) is 0 Å². The summed E-state index contributed by atoms with van der Waals surface area (Å²) in [5.74, 6) is 0.345. The van der Waals surface area contributed by atoms with Crippen LogP contribution in [0, 0.1) is 5.92 Å². The van der Waals surface area contributed by atoms with Crippen LogP contribution in [-0.2, 0) is 14.3 Å². The molecule has 0 saturated carbocycles. The first-order valence-electron chi connectivity index (χ1n) is 5.40. The predicted molar refractivity (Wildman–Crippen MR) is 54.0 cm³/mol. The van der Waals surface area contributed by atoms with Crippen molar-refractivity contribution in [3.63, 3.8) is 0 Å². The Balaban J connectivity index is 1.92. The van der Waals surface area contributed by atoms with Crippen molar-refractivity contribution >= 4 is 5.97 Å². The fraction of sp³-hybridized carbons (Fsp3) is 0.909. The molecule has 0 aromatic carbocycles. The molecule has 0 bridgehead atoms. The summed E-state index contributed by atoms with van der Waals surface area (Å²) < 4.78 is 10.3. The lowest BCUT2D eigenvalue weighted by Gasteiger charge is -2.06. The number of ether oxygens (including phenoxy) is 2. The Morgan fingerprint density at radius 3 is 2.64 bits per heavy atom. The van der Waals surface area contributed by atoms with Gasteiger partial charge in [0.2, 0.25) is 0 Å². The zero-order valence-electron chi connectivity index (χ0n) is 9.29. The van der Waals surface area contributed by atoms with Crippen LogP contribution in [0.5, 0.6) is 0 Å². The van der Waals surface area contributed by atoms with Gasteiger partial charge in [0.1, 0.15) is 0 Å². The van der Waals surface area contributed by atoms with Crippen molar-refractivity contribution in [2.45, 2.75) is 52.2 Å². The highest BCUT2D eigenvalue weighted by atomic mass is 16.6. The van der Waals surface area contributed by atoms with Crippen molar-refractivity contribution in [3.8, 4) is 0 Å². The molecular formula is C11H20O3. The molecule has 3 nitrogen and oxygen atoms in total. The maximum absolute atomic E-state index is 11.2. The Morgan fingerprint density at radius 1 is 1.50 bits per heavy atom. The van der Waals surface area contributed by atoms with Gasteiger partial charge in [-0.15, -0.1) is 0 Å². The van der Waals surface area contributed by atoms with Crippen molar-refractivity contribution < 1.29 is 14.3 Å². The lowest BCUT2D eigenvalue weighted by Crippen LogP contribution is -2.09. The molecule has 1 saturated heterocycles. The highest BCUT2D eigenvalue weighted by Gasteiger charge is 2.33. The summed E-state index contributed by atoms with van der Waals surface area (Å²) in [4.78, 5) is 11.2. The third-order valence-electron chi connectivity index (χ3n) is 2.28. The molecule has 1 aliphatic rings. The van der Waals surface area contributed by atoms with Gasteiger partial charge >= 0.3 is 5.97 Å². The van der Waals surface area contributed by atoms with Gasteiger partial charge in [0.25, 0.3) is 0 Å². The van der Waals surface area contributed by atoms with Crippen LogP contribution in [-0.4, -0.2) is 24.8 Å². The summed E-state index contributed by atoms with van der Waals surface area (Å²) in [5, 5.41) is 0. The first-order chi connectivity index (χ1) is 6.59. The molecule has 1 rings (SSSR count). The average Bonchev–Trinajstić information content (AvgIpc) is 2.79. The standard InChI is InChI=1S/C11H20O3/c1-8(2)7-13-11(12)6-4-5-10-9(3)14-10/h8-10H,4-7H2,1-3H3. The van der Waals surface area contributed by atoms with Gasteiger partial charge in [-0.25, -0.2) is 0 Å². The molecule has 2 unspecified atom stereocenters. The topological polar surface area (TPSA) is 38.8 Å². The molecule has 0 spiro atoms. The van der Waals surface area contributed by atoms with Crippen LogP contribution >= 0.6 is 0 Å². The second-order valence-electron chi connectivity index (χ2n) is 4.35. The summed E-state index contributed by atoms with van der Waals surface area (Å²) in [6.07, 6.45) is 3.19. The lowest BCUT2D eigenvalue weighted by atomic mass is 10.1. The molecule has 0 aromatic heterocycles. The lowest BCUT2D eigenvalue weighted by molar-refractivity contribution is -0.144. The van der Waals surface area contributed by atoms with Gasteiger partial charge in [-0.3, -0.25) is 4.79 Å². The maximum Gasteiger partial charge on any atom is 0.305 e. The highest BCUT2D eigenvalue weighted by Crippen LogP contribution is 2.26. The monoisotopic (exact) mass is 200 g/mol. The van der Waals surface area contributed by atoms with E-state index < -0.39 is 0 Å². The quantitative estimate of drug-likeness (QED) is 0.487. The molecule has 0 aliphatic carbocycles. The minimum absolute atomic E-state index is 0.0768. The van der Waals surface area contributed by atoms with Crippen LogP contribution in [0.15, 0.2) is 0 Å². The van der Waals surface area contributed by atoms with Crippen LogP contribution in [0.2, 0.25) is 0 Å². The Labute approximate surface area is 85.8 Å². The van der Waals surface area contributed by atoms with Gasteiger partial charge in [-0.05, 0) is 25.7 Å². The molecule has 1 fully saturated rings. The molecular weight excluding hydrogens is 180 g/mol. The van der Waals surface area contributed by atoms with Crippen molar-refractivity contribution in [1.29, 1.82) is 0 Å². The first kappa shape index (κ1) is 11.5. The number of carbonyl (C=O) groups excluding carboxylic acids is 1. The van der Waals surface area contributed by atoms with Gasteiger partial charge in [0, 0.05) is 6.42 Å². The van der Waals surface area contributed by atoms with E-state index in [0.717, 1.165) is 12.8 Å². The van der Waals surface area contributed by atoms with Crippen molar-refractivity contribution in [2.75, 3.05) is 6.61 Å². The molecule has 1 heterocycles. The first-order valence-corrected chi connectivity index (χ1v) is 5.40. The number of carbonyl (C=O) groups is 1. The van der Waals surface area contributed by atoms with Gasteiger partial charge in [0.15, 0.2) is 0 Å². The summed E-state index contributed by atoms with van der Waals surface area (Å²) in [6.45, 7) is 6.66. The van der Waals surface area contributed by atoms with Crippen molar-refractivity contribution in [2.24, 2.45) is 5.92 Å².